The molecule has 96 valence electrons. The van der Waals surface area contributed by atoms with E-state index in [4.69, 9.17) is 4.52 Å². The Labute approximate surface area is 116 Å². The van der Waals surface area contributed by atoms with Crippen LogP contribution in [0.15, 0.2) is 38.3 Å². The first-order chi connectivity index (χ1) is 9.13. The second-order valence-corrected chi connectivity index (χ2v) is 4.99. The van der Waals surface area contributed by atoms with Gasteiger partial charge in [-0.1, -0.05) is 21.1 Å². The van der Waals surface area contributed by atoms with Crippen molar-refractivity contribution in [1.29, 1.82) is 0 Å². The molecule has 0 radical (unpaired) electrons. The molecule has 2 aromatic heterocycles. The lowest BCUT2D eigenvalue weighted by Crippen LogP contribution is -2.21. The quantitative estimate of drug-likeness (QED) is 0.721. The van der Waals surface area contributed by atoms with Gasteiger partial charge in [-0.2, -0.15) is 4.98 Å². The van der Waals surface area contributed by atoms with Gasteiger partial charge in [0, 0.05) is 4.47 Å². The van der Waals surface area contributed by atoms with Crippen LogP contribution in [0.1, 0.15) is 11.7 Å². The van der Waals surface area contributed by atoms with Crippen molar-refractivity contribution in [3.8, 4) is 0 Å². The minimum absolute atomic E-state index is 0.137. The fraction of sp³-hybridized carbons (Fsp3) is 0.167. The molecule has 0 aliphatic carbocycles. The van der Waals surface area contributed by atoms with E-state index in [9.17, 15) is 4.79 Å². The van der Waals surface area contributed by atoms with Gasteiger partial charge in [0.1, 0.15) is 6.54 Å². The van der Waals surface area contributed by atoms with Gasteiger partial charge in [0.2, 0.25) is 5.89 Å². The fourth-order valence-corrected chi connectivity index (χ4v) is 2.15. The molecule has 3 aromatic rings. The molecule has 2 heterocycles. The first-order valence-electron chi connectivity index (χ1n) is 5.57. The van der Waals surface area contributed by atoms with Crippen LogP contribution in [0.25, 0.3) is 10.9 Å². The molecular weight excluding hydrogens is 312 g/mol. The van der Waals surface area contributed by atoms with Crippen LogP contribution in [-0.2, 0) is 6.54 Å². The lowest BCUT2D eigenvalue weighted by atomic mass is 10.2. The first kappa shape index (κ1) is 12.0. The van der Waals surface area contributed by atoms with Gasteiger partial charge in [-0.15, -0.1) is 0 Å². The Morgan fingerprint density at radius 3 is 3.00 bits per heavy atom. The Bertz CT molecular complexity index is 809. The predicted molar refractivity (Wildman–Crippen MR) is 71.8 cm³/mol. The number of aromatic nitrogens is 4. The van der Waals surface area contributed by atoms with Crippen molar-refractivity contribution in [1.82, 2.24) is 19.7 Å². The first-order valence-corrected chi connectivity index (χ1v) is 6.37. The van der Waals surface area contributed by atoms with Crippen LogP contribution in [0, 0.1) is 6.92 Å². The molecule has 0 aliphatic rings. The zero-order chi connectivity index (χ0) is 13.4. The molecule has 7 heteroatoms. The van der Waals surface area contributed by atoms with E-state index in [0.29, 0.717) is 22.6 Å². The summed E-state index contributed by atoms with van der Waals surface area (Å²) in [5, 5.41) is 4.24. The SMILES string of the molecule is Cc1noc(Cn2cnc3ccc(Br)cc3c2=O)n1. The molecule has 0 fully saturated rings. The van der Waals surface area contributed by atoms with Gasteiger partial charge in [-0.3, -0.25) is 9.36 Å². The third kappa shape index (κ3) is 2.28. The summed E-state index contributed by atoms with van der Waals surface area (Å²) >= 11 is 3.34. The Morgan fingerprint density at radius 2 is 2.26 bits per heavy atom. The van der Waals surface area contributed by atoms with Gasteiger partial charge >= 0.3 is 0 Å². The molecule has 0 N–H and O–H groups in total. The highest BCUT2D eigenvalue weighted by Gasteiger charge is 2.08. The smallest absolute Gasteiger partial charge is 0.261 e. The standard InChI is InChI=1S/C12H9BrN4O2/c1-7-15-11(19-16-7)5-17-6-14-10-3-2-8(13)4-9(10)12(17)18/h2-4,6H,5H2,1H3. The number of fused-ring (bicyclic) bond motifs is 1. The van der Waals surface area contributed by atoms with Crippen LogP contribution in [0.2, 0.25) is 0 Å². The van der Waals surface area contributed by atoms with Crippen LogP contribution in [0.3, 0.4) is 0 Å². The molecule has 0 saturated heterocycles. The van der Waals surface area contributed by atoms with E-state index >= 15 is 0 Å². The molecule has 0 spiro atoms. The van der Waals surface area contributed by atoms with E-state index in [0.717, 1.165) is 4.47 Å². The molecule has 6 nitrogen and oxygen atoms in total. The number of benzene rings is 1. The number of nitrogens with zero attached hydrogens (tertiary/aromatic N) is 4. The average Bonchev–Trinajstić information content (AvgIpc) is 2.79. The van der Waals surface area contributed by atoms with E-state index in [2.05, 4.69) is 31.1 Å². The van der Waals surface area contributed by atoms with Crippen molar-refractivity contribution in [2.24, 2.45) is 0 Å². The van der Waals surface area contributed by atoms with Crippen LogP contribution in [0.5, 0.6) is 0 Å². The molecule has 0 amide bonds. The van der Waals surface area contributed by atoms with E-state index in [-0.39, 0.29) is 12.1 Å². The Morgan fingerprint density at radius 1 is 1.42 bits per heavy atom. The third-order valence-electron chi connectivity index (χ3n) is 2.66. The monoisotopic (exact) mass is 320 g/mol. The third-order valence-corrected chi connectivity index (χ3v) is 3.15. The molecule has 0 bridgehead atoms. The molecule has 0 aliphatic heterocycles. The molecule has 0 atom stereocenters. The summed E-state index contributed by atoms with van der Waals surface area (Å²) in [7, 11) is 0. The van der Waals surface area contributed by atoms with Crippen molar-refractivity contribution in [2.75, 3.05) is 0 Å². The summed E-state index contributed by atoms with van der Waals surface area (Å²) in [6.07, 6.45) is 1.48. The molecule has 0 saturated carbocycles. The molecule has 3 rings (SSSR count). The van der Waals surface area contributed by atoms with Crippen molar-refractivity contribution in [3.63, 3.8) is 0 Å². The zero-order valence-electron chi connectivity index (χ0n) is 10.00. The van der Waals surface area contributed by atoms with Crippen molar-refractivity contribution < 1.29 is 4.52 Å². The summed E-state index contributed by atoms with van der Waals surface area (Å²) < 4.78 is 7.29. The van der Waals surface area contributed by atoms with Crippen LogP contribution < -0.4 is 5.56 Å². The Hall–Kier alpha value is -2.02. The lowest BCUT2D eigenvalue weighted by molar-refractivity contribution is 0.366. The summed E-state index contributed by atoms with van der Waals surface area (Å²) in [5.74, 6) is 0.926. The number of hydrogen-bond acceptors (Lipinski definition) is 5. The minimum atomic E-state index is -0.137. The van der Waals surface area contributed by atoms with Gasteiger partial charge in [0.05, 0.1) is 17.2 Å². The molecular formula is C12H9BrN4O2. The average molecular weight is 321 g/mol. The van der Waals surface area contributed by atoms with Crippen LogP contribution in [0.4, 0.5) is 0 Å². The molecule has 19 heavy (non-hydrogen) atoms. The van der Waals surface area contributed by atoms with Gasteiger partial charge in [-0.25, -0.2) is 4.98 Å². The molecule has 0 unspecified atom stereocenters. The van der Waals surface area contributed by atoms with Crippen molar-refractivity contribution in [3.05, 3.63) is 51.1 Å². The Kier molecular flexibility index (Phi) is 2.90. The number of rotatable bonds is 2. The van der Waals surface area contributed by atoms with E-state index in [1.54, 1.807) is 19.1 Å². The second-order valence-electron chi connectivity index (χ2n) is 4.07. The highest BCUT2D eigenvalue weighted by molar-refractivity contribution is 9.10. The number of hydrogen-bond donors (Lipinski definition) is 0. The fourth-order valence-electron chi connectivity index (χ4n) is 1.79. The van der Waals surface area contributed by atoms with Gasteiger partial charge in [0.15, 0.2) is 5.82 Å². The van der Waals surface area contributed by atoms with Crippen LogP contribution in [-0.4, -0.2) is 19.7 Å². The topological polar surface area (TPSA) is 73.8 Å². The highest BCUT2D eigenvalue weighted by atomic mass is 79.9. The predicted octanol–water partition coefficient (Wildman–Crippen LogP) is 1.90. The molecule has 1 aromatic carbocycles. The van der Waals surface area contributed by atoms with E-state index < -0.39 is 0 Å². The largest absolute Gasteiger partial charge is 0.337 e. The lowest BCUT2D eigenvalue weighted by Gasteiger charge is -2.03. The summed E-state index contributed by atoms with van der Waals surface area (Å²) in [6, 6.07) is 5.39. The zero-order valence-corrected chi connectivity index (χ0v) is 11.6. The summed E-state index contributed by atoms with van der Waals surface area (Å²) in [5.41, 5.74) is 0.522. The maximum absolute atomic E-state index is 12.3. The van der Waals surface area contributed by atoms with E-state index in [1.807, 2.05) is 6.07 Å². The maximum Gasteiger partial charge on any atom is 0.261 e. The van der Waals surface area contributed by atoms with Crippen LogP contribution >= 0.6 is 15.9 Å². The van der Waals surface area contributed by atoms with Gasteiger partial charge in [0.25, 0.3) is 5.56 Å². The van der Waals surface area contributed by atoms with Crippen molar-refractivity contribution >= 4 is 26.8 Å². The number of halogens is 1. The second kappa shape index (κ2) is 4.58. The van der Waals surface area contributed by atoms with Gasteiger partial charge < -0.3 is 4.52 Å². The Balaban J connectivity index is 2.09. The van der Waals surface area contributed by atoms with Crippen molar-refractivity contribution in [2.45, 2.75) is 13.5 Å². The summed E-state index contributed by atoms with van der Waals surface area (Å²) in [6.45, 7) is 1.95. The normalized spacial score (nSPS) is 11.1. The number of aryl methyl sites for hydroxylation is 1. The van der Waals surface area contributed by atoms with E-state index in [1.165, 1.54) is 10.9 Å². The maximum atomic E-state index is 12.3. The minimum Gasteiger partial charge on any atom is -0.337 e. The highest BCUT2D eigenvalue weighted by Crippen LogP contribution is 2.14. The van der Waals surface area contributed by atoms with Gasteiger partial charge in [-0.05, 0) is 25.1 Å². The summed E-state index contributed by atoms with van der Waals surface area (Å²) in [4.78, 5) is 20.6.